The molecule has 5 aromatic carbocycles. The first-order valence-corrected chi connectivity index (χ1v) is 15.7. The van der Waals surface area contributed by atoms with Crippen molar-refractivity contribution in [1.29, 1.82) is 0 Å². The monoisotopic (exact) mass is 712 g/mol. The van der Waals surface area contributed by atoms with E-state index >= 15 is 0 Å². The maximum absolute atomic E-state index is 6.48. The van der Waals surface area contributed by atoms with Crippen molar-refractivity contribution in [2.24, 2.45) is 0 Å². The zero-order valence-electron chi connectivity index (χ0n) is 26.0. The molecule has 1 aliphatic heterocycles. The summed E-state index contributed by atoms with van der Waals surface area (Å²) in [4.78, 5) is 11.8. The van der Waals surface area contributed by atoms with Gasteiger partial charge in [-0.25, -0.2) is 4.98 Å². The van der Waals surface area contributed by atoms with Gasteiger partial charge in [0, 0.05) is 57.4 Å². The molecule has 0 saturated carbocycles. The third-order valence-corrected chi connectivity index (χ3v) is 9.53. The molecule has 9 aromatic rings. The van der Waals surface area contributed by atoms with Crippen LogP contribution in [0.2, 0.25) is 0 Å². The normalized spacial score (nSPS) is 13.6. The fraction of sp³-hybridized carbons (Fsp3) is 0.0732. The molecule has 5 heterocycles. The van der Waals surface area contributed by atoms with Crippen molar-refractivity contribution in [2.75, 3.05) is 4.90 Å². The first-order chi connectivity index (χ1) is 23.0. The summed E-state index contributed by atoms with van der Waals surface area (Å²) in [6, 6.07) is 42.2. The maximum Gasteiger partial charge on any atom is 2.00 e. The van der Waals surface area contributed by atoms with Crippen molar-refractivity contribution in [3.63, 3.8) is 0 Å². The van der Waals surface area contributed by atoms with Gasteiger partial charge < -0.3 is 18.5 Å². The molecule has 0 N–H and O–H groups in total. The Morgan fingerprint density at radius 1 is 0.688 bits per heavy atom. The van der Waals surface area contributed by atoms with Crippen molar-refractivity contribution < 1.29 is 29.6 Å². The molecule has 0 fully saturated rings. The average molecular weight is 713 g/mol. The predicted molar refractivity (Wildman–Crippen MR) is 186 cm³/mol. The molecule has 0 spiro atoms. The van der Waals surface area contributed by atoms with Crippen LogP contribution in [0.1, 0.15) is 25.0 Å². The van der Waals surface area contributed by atoms with Gasteiger partial charge in [-0.2, -0.15) is 6.07 Å². The van der Waals surface area contributed by atoms with Crippen LogP contribution in [0.15, 0.2) is 126 Å². The van der Waals surface area contributed by atoms with Gasteiger partial charge >= 0.3 is 20.4 Å². The Labute approximate surface area is 289 Å². The number of benzene rings is 5. The molecule has 0 amide bonds. The van der Waals surface area contributed by atoms with Crippen LogP contribution in [0.5, 0.6) is 11.5 Å². The zero-order chi connectivity index (χ0) is 31.3. The molecular formula is C41H26N4O2Pd. The van der Waals surface area contributed by atoms with E-state index in [1.165, 1.54) is 0 Å². The molecule has 7 heteroatoms. The molecular weight excluding hydrogens is 687 g/mol. The second-order valence-electron chi connectivity index (χ2n) is 12.6. The molecule has 10 rings (SSSR count). The van der Waals surface area contributed by atoms with Gasteiger partial charge in [0.1, 0.15) is 17.0 Å². The molecule has 0 aliphatic carbocycles. The van der Waals surface area contributed by atoms with Crippen molar-refractivity contribution in [2.45, 2.75) is 19.3 Å². The molecule has 1 aliphatic rings. The zero-order valence-corrected chi connectivity index (χ0v) is 27.5. The number of pyridine rings is 2. The van der Waals surface area contributed by atoms with Crippen LogP contribution < -0.4 is 9.64 Å². The summed E-state index contributed by atoms with van der Waals surface area (Å²) in [5.41, 5.74) is 7.54. The third-order valence-electron chi connectivity index (χ3n) is 9.53. The number of anilines is 3. The van der Waals surface area contributed by atoms with E-state index in [0.29, 0.717) is 11.5 Å². The molecule has 0 saturated heterocycles. The second-order valence-corrected chi connectivity index (χ2v) is 12.6. The van der Waals surface area contributed by atoms with Gasteiger partial charge in [0.25, 0.3) is 0 Å². The smallest absolute Gasteiger partial charge is 0.503 e. The van der Waals surface area contributed by atoms with E-state index in [-0.39, 0.29) is 25.8 Å². The van der Waals surface area contributed by atoms with Crippen LogP contribution in [0.3, 0.4) is 0 Å². The molecule has 6 nitrogen and oxygen atoms in total. The van der Waals surface area contributed by atoms with Gasteiger partial charge in [-0.1, -0.05) is 78.8 Å². The van der Waals surface area contributed by atoms with Crippen LogP contribution >= 0.6 is 0 Å². The van der Waals surface area contributed by atoms with E-state index in [4.69, 9.17) is 14.1 Å². The van der Waals surface area contributed by atoms with Crippen LogP contribution in [0.25, 0.3) is 49.3 Å². The Bertz CT molecular complexity index is 2730. The Morgan fingerprint density at radius 3 is 2.44 bits per heavy atom. The minimum Gasteiger partial charge on any atom is -0.503 e. The topological polar surface area (TPSA) is 55.8 Å². The number of nitrogens with zero attached hydrogens (tertiary/aromatic N) is 4. The first-order valence-electron chi connectivity index (χ1n) is 15.7. The Balaban J connectivity index is 0.00000314. The van der Waals surface area contributed by atoms with Crippen molar-refractivity contribution in [3.05, 3.63) is 145 Å². The summed E-state index contributed by atoms with van der Waals surface area (Å²) in [5, 5.41) is 5.28. The molecule has 232 valence electrons. The summed E-state index contributed by atoms with van der Waals surface area (Å²) in [6.45, 7) is 4.49. The van der Waals surface area contributed by atoms with Gasteiger partial charge in [0.2, 0.25) is 0 Å². The number of ether oxygens (including phenoxy) is 1. The van der Waals surface area contributed by atoms with Gasteiger partial charge in [0.05, 0.1) is 11.3 Å². The Hall–Kier alpha value is -5.48. The molecule has 0 unspecified atom stereocenters. The molecule has 48 heavy (non-hydrogen) atoms. The summed E-state index contributed by atoms with van der Waals surface area (Å²) < 4.78 is 14.9. The van der Waals surface area contributed by atoms with E-state index in [2.05, 4.69) is 94.9 Å². The largest absolute Gasteiger partial charge is 2.00 e. The minimum atomic E-state index is -0.306. The molecule has 0 radical (unpaired) electrons. The van der Waals surface area contributed by atoms with Crippen LogP contribution in [-0.2, 0) is 25.8 Å². The van der Waals surface area contributed by atoms with Crippen LogP contribution in [0, 0.1) is 12.1 Å². The summed E-state index contributed by atoms with van der Waals surface area (Å²) in [7, 11) is 0. The summed E-state index contributed by atoms with van der Waals surface area (Å²) >= 11 is 0. The van der Waals surface area contributed by atoms with Crippen molar-refractivity contribution in [3.8, 4) is 11.5 Å². The second kappa shape index (κ2) is 10.5. The number of furan rings is 1. The van der Waals surface area contributed by atoms with Gasteiger partial charge in [0.15, 0.2) is 0 Å². The molecule has 0 atom stereocenters. The van der Waals surface area contributed by atoms with Crippen molar-refractivity contribution in [1.82, 2.24) is 14.4 Å². The summed E-state index contributed by atoms with van der Waals surface area (Å²) in [5.74, 6) is 2.05. The Kier molecular flexibility index (Phi) is 6.29. The van der Waals surface area contributed by atoms with E-state index in [0.717, 1.165) is 77.6 Å². The van der Waals surface area contributed by atoms with E-state index in [9.17, 15) is 0 Å². The molecule has 4 aromatic heterocycles. The summed E-state index contributed by atoms with van der Waals surface area (Å²) in [6.07, 6.45) is 5.66. The van der Waals surface area contributed by atoms with Gasteiger partial charge in [-0.3, -0.25) is 4.98 Å². The standard InChI is InChI=1S/C41H26N4O2.Pd/c1-41(2)33-13-8-18-42-40(33)45(36-23-31-30-12-4-6-15-37(30)47-38(31)24-34(36)41)25-9-7-10-26(21-25)46-27-16-17-28-29-11-3-5-14-35(29)44-20-19-43-39(44)32(28)22-27;/h3-20,23-24H,1-2H3;/q-2;+2. The van der Waals surface area contributed by atoms with Gasteiger partial charge in [-0.15, -0.1) is 30.3 Å². The van der Waals surface area contributed by atoms with Crippen LogP contribution in [-0.4, -0.2) is 14.4 Å². The molecule has 0 bridgehead atoms. The third kappa shape index (κ3) is 4.08. The number of hydrogen-bond acceptors (Lipinski definition) is 5. The fourth-order valence-electron chi connectivity index (χ4n) is 7.29. The van der Waals surface area contributed by atoms with E-state index in [1.54, 1.807) is 0 Å². The number of aromatic nitrogens is 3. The number of imidazole rings is 1. The number of hydrogen-bond donors (Lipinski definition) is 0. The fourth-order valence-corrected chi connectivity index (χ4v) is 7.29. The van der Waals surface area contributed by atoms with Crippen molar-refractivity contribution >= 4 is 66.5 Å². The Morgan fingerprint density at radius 2 is 1.52 bits per heavy atom. The number of fused-ring (bicyclic) bond motifs is 11. The van der Waals surface area contributed by atoms with Gasteiger partial charge in [-0.05, 0) is 41.3 Å². The maximum atomic E-state index is 6.48. The number of para-hydroxylation sites is 2. The number of rotatable bonds is 3. The SMILES string of the molecule is CC1(C)c2cc3oc4ccccc4c3cc2N(c2[c-]c(Oc3[c-]c4c(cc3)c3ccccc3n3ccnc43)ccc2)c2ncccc21.[Pd+2]. The average Bonchev–Trinajstić information content (AvgIpc) is 3.74. The van der Waals surface area contributed by atoms with Crippen LogP contribution in [0.4, 0.5) is 17.2 Å². The van der Waals surface area contributed by atoms with E-state index in [1.807, 2.05) is 67.1 Å². The first kappa shape index (κ1) is 28.7. The minimum absolute atomic E-state index is 0. The quantitative estimate of drug-likeness (QED) is 0.104. The predicted octanol–water partition coefficient (Wildman–Crippen LogP) is 10.4. The van der Waals surface area contributed by atoms with E-state index < -0.39 is 0 Å².